The van der Waals surface area contributed by atoms with E-state index in [4.69, 9.17) is 4.74 Å². The molecule has 0 spiro atoms. The maximum absolute atomic E-state index is 12.6. The Labute approximate surface area is 193 Å². The molecule has 170 valence electrons. The summed E-state index contributed by atoms with van der Waals surface area (Å²) in [6.45, 7) is 3.38. The summed E-state index contributed by atoms with van der Waals surface area (Å²) < 4.78 is 18.1. The van der Waals surface area contributed by atoms with Crippen LogP contribution in [0.4, 0.5) is 4.79 Å². The first-order valence-corrected chi connectivity index (χ1v) is 13.3. The van der Waals surface area contributed by atoms with Gasteiger partial charge in [-0.3, -0.25) is 0 Å². The van der Waals surface area contributed by atoms with Crippen LogP contribution in [-0.4, -0.2) is 43.1 Å². The number of amides is 1. The van der Waals surface area contributed by atoms with Gasteiger partial charge >= 0.3 is 12.1 Å². The van der Waals surface area contributed by atoms with E-state index in [-0.39, 0.29) is 18.9 Å². The molecule has 33 heavy (non-hydrogen) atoms. The number of ether oxygens (including phenoxy) is 1. The van der Waals surface area contributed by atoms with E-state index in [9.17, 15) is 19.3 Å². The van der Waals surface area contributed by atoms with Gasteiger partial charge in [0, 0.05) is 17.6 Å². The Morgan fingerprint density at radius 1 is 0.939 bits per heavy atom. The van der Waals surface area contributed by atoms with Gasteiger partial charge in [-0.15, -0.1) is 0 Å². The number of alkyl carbamates (subject to hydrolysis) is 1. The van der Waals surface area contributed by atoms with Gasteiger partial charge in [-0.25, -0.2) is 9.59 Å². The Balaban J connectivity index is 1.46. The van der Waals surface area contributed by atoms with E-state index in [1.54, 1.807) is 37.6 Å². The average Bonchev–Trinajstić information content (AvgIpc) is 3.10. The number of carboxylic acid groups (broad SMARTS) is 1. The smallest absolute Gasteiger partial charge is 0.407 e. The number of nitrogens with one attached hydrogen (secondary N) is 1. The molecule has 1 amide bonds. The lowest BCUT2D eigenvalue weighted by Gasteiger charge is -2.19. The van der Waals surface area contributed by atoms with E-state index in [2.05, 4.69) is 5.32 Å². The molecule has 4 rings (SSSR count). The molecule has 0 fully saturated rings. The van der Waals surface area contributed by atoms with Crippen molar-refractivity contribution in [1.29, 1.82) is 0 Å². The monoisotopic (exact) mass is 463 g/mol. The number of rotatable bonds is 7. The molecular weight excluding hydrogens is 437 g/mol. The fraction of sp³-hybridized carbons (Fsp3) is 0.231. The van der Waals surface area contributed by atoms with E-state index in [1.165, 1.54) is 0 Å². The first kappa shape index (κ1) is 22.8. The summed E-state index contributed by atoms with van der Waals surface area (Å²) in [5.74, 6) is -1.29. The van der Waals surface area contributed by atoms with Crippen LogP contribution < -0.4 is 10.6 Å². The first-order chi connectivity index (χ1) is 15.8. The van der Waals surface area contributed by atoms with Crippen molar-refractivity contribution in [2.24, 2.45) is 0 Å². The molecule has 0 saturated carbocycles. The normalized spacial score (nSPS) is 13.6. The van der Waals surface area contributed by atoms with Gasteiger partial charge < -0.3 is 19.7 Å². The molecule has 0 bridgehead atoms. The summed E-state index contributed by atoms with van der Waals surface area (Å²) in [6.07, 6.45) is -0.778. The number of fused-ring (bicyclic) bond motifs is 3. The summed E-state index contributed by atoms with van der Waals surface area (Å²) in [4.78, 5) is 24.4. The third-order valence-electron chi connectivity index (χ3n) is 5.93. The van der Waals surface area contributed by atoms with E-state index in [0.29, 0.717) is 10.9 Å². The van der Waals surface area contributed by atoms with Gasteiger partial charge in [0.15, 0.2) is 0 Å². The van der Waals surface area contributed by atoms with Gasteiger partial charge in [-0.1, -0.05) is 72.8 Å². The van der Waals surface area contributed by atoms with Crippen molar-refractivity contribution >= 4 is 24.5 Å². The second-order valence-electron chi connectivity index (χ2n) is 8.54. The van der Waals surface area contributed by atoms with Gasteiger partial charge in [0.05, 0.1) is 0 Å². The summed E-state index contributed by atoms with van der Waals surface area (Å²) in [6, 6.07) is 21.8. The topological polar surface area (TPSA) is 92.7 Å². The Bertz CT molecular complexity index is 1200. The molecule has 6 nitrogen and oxygen atoms in total. The van der Waals surface area contributed by atoms with Crippen LogP contribution in [0.2, 0.25) is 0 Å². The van der Waals surface area contributed by atoms with Crippen molar-refractivity contribution in [2.75, 3.05) is 19.9 Å². The highest BCUT2D eigenvalue weighted by Gasteiger charge is 2.30. The lowest BCUT2D eigenvalue weighted by molar-refractivity contribution is -0.139. The largest absolute Gasteiger partial charge is 0.480 e. The maximum atomic E-state index is 12.6. The summed E-state index contributed by atoms with van der Waals surface area (Å²) >= 11 is 0. The predicted molar refractivity (Wildman–Crippen MR) is 129 cm³/mol. The lowest BCUT2D eigenvalue weighted by Crippen LogP contribution is -2.43. The van der Waals surface area contributed by atoms with E-state index >= 15 is 0 Å². The molecular formula is C26H26NO5P. The third-order valence-corrected chi connectivity index (χ3v) is 7.53. The van der Waals surface area contributed by atoms with Crippen molar-refractivity contribution in [3.63, 3.8) is 0 Å². The van der Waals surface area contributed by atoms with Crippen LogP contribution in [0.5, 0.6) is 0 Å². The zero-order valence-electron chi connectivity index (χ0n) is 18.5. The number of carboxylic acids is 1. The fourth-order valence-electron chi connectivity index (χ4n) is 4.41. The van der Waals surface area contributed by atoms with Crippen molar-refractivity contribution < 1.29 is 24.0 Å². The van der Waals surface area contributed by atoms with Gasteiger partial charge in [0.25, 0.3) is 0 Å². The Morgan fingerprint density at radius 3 is 2.06 bits per heavy atom. The molecule has 0 saturated heterocycles. The molecule has 1 aliphatic carbocycles. The third kappa shape index (κ3) is 4.86. The predicted octanol–water partition coefficient (Wildman–Crippen LogP) is 4.47. The average molecular weight is 463 g/mol. The Hall–Kier alpha value is -3.37. The number of carbonyl (C=O) groups excluding carboxylic acids is 1. The van der Waals surface area contributed by atoms with Crippen LogP contribution >= 0.6 is 7.14 Å². The van der Waals surface area contributed by atoms with Crippen LogP contribution in [0.1, 0.15) is 22.6 Å². The van der Waals surface area contributed by atoms with Crippen LogP contribution in [0.15, 0.2) is 72.8 Å². The quantitative estimate of drug-likeness (QED) is 0.505. The molecule has 3 aromatic carbocycles. The zero-order chi connectivity index (χ0) is 23.6. The molecule has 0 aromatic heterocycles. The number of benzene rings is 3. The highest BCUT2D eigenvalue weighted by Crippen LogP contribution is 2.44. The molecule has 2 N–H and O–H groups in total. The molecule has 7 heteroatoms. The minimum absolute atomic E-state index is 0.0153. The van der Waals surface area contributed by atoms with Crippen molar-refractivity contribution in [3.8, 4) is 11.1 Å². The molecule has 0 heterocycles. The van der Waals surface area contributed by atoms with E-state index < -0.39 is 25.2 Å². The highest BCUT2D eigenvalue weighted by atomic mass is 31.2. The Morgan fingerprint density at radius 2 is 1.48 bits per heavy atom. The number of carbonyl (C=O) groups is 2. The SMILES string of the molecule is CP(C)(=O)c1ccccc1CC(NC(=O)OCC1c2ccccc2-c2ccccc21)C(=O)O. The molecule has 0 radical (unpaired) electrons. The minimum atomic E-state index is -2.60. The van der Waals surface area contributed by atoms with Gasteiger partial charge in [0.2, 0.25) is 0 Å². The fourth-order valence-corrected chi connectivity index (χ4v) is 5.71. The molecule has 0 aliphatic heterocycles. The van der Waals surface area contributed by atoms with E-state index in [0.717, 1.165) is 22.3 Å². The molecule has 3 aromatic rings. The highest BCUT2D eigenvalue weighted by molar-refractivity contribution is 7.70. The summed E-state index contributed by atoms with van der Waals surface area (Å²) in [5.41, 5.74) is 5.03. The molecule has 1 aliphatic rings. The minimum Gasteiger partial charge on any atom is -0.480 e. The van der Waals surface area contributed by atoms with Crippen LogP contribution in [0, 0.1) is 0 Å². The zero-order valence-corrected chi connectivity index (χ0v) is 19.4. The van der Waals surface area contributed by atoms with E-state index in [1.807, 2.05) is 48.5 Å². The van der Waals surface area contributed by atoms with Crippen molar-refractivity contribution in [2.45, 2.75) is 18.4 Å². The second-order valence-corrected chi connectivity index (χ2v) is 11.7. The van der Waals surface area contributed by atoms with Crippen molar-refractivity contribution in [3.05, 3.63) is 89.5 Å². The number of hydrogen-bond acceptors (Lipinski definition) is 4. The van der Waals surface area contributed by atoms with Crippen molar-refractivity contribution in [1.82, 2.24) is 5.32 Å². The van der Waals surface area contributed by atoms with Crippen LogP contribution in [0.25, 0.3) is 11.1 Å². The number of hydrogen-bond donors (Lipinski definition) is 2. The molecule has 1 atom stereocenters. The van der Waals surface area contributed by atoms with Crippen LogP contribution in [-0.2, 0) is 20.5 Å². The van der Waals surface area contributed by atoms with Gasteiger partial charge in [-0.05, 0) is 41.1 Å². The second kappa shape index (κ2) is 9.24. The first-order valence-electron chi connectivity index (χ1n) is 10.7. The number of aliphatic carboxylic acids is 1. The Kier molecular flexibility index (Phi) is 6.39. The standard InChI is InChI=1S/C26H26NO5P/c1-33(2,31)24-14-8-3-9-17(24)15-23(25(28)29)27-26(30)32-16-22-20-12-6-4-10-18(20)19-11-5-7-13-21(19)22/h3-14,22-23H,15-16H2,1-2H3,(H,27,30)(H,28,29). The molecule has 1 unspecified atom stereocenters. The van der Waals surface area contributed by atoms with Crippen LogP contribution in [0.3, 0.4) is 0 Å². The summed E-state index contributed by atoms with van der Waals surface area (Å²) in [5, 5.41) is 12.8. The summed E-state index contributed by atoms with van der Waals surface area (Å²) in [7, 11) is -2.60. The van der Waals surface area contributed by atoms with Gasteiger partial charge in [-0.2, -0.15) is 0 Å². The van der Waals surface area contributed by atoms with Gasteiger partial charge in [0.1, 0.15) is 19.8 Å². The maximum Gasteiger partial charge on any atom is 0.407 e. The lowest BCUT2D eigenvalue weighted by atomic mass is 9.98.